The highest BCUT2D eigenvalue weighted by Gasteiger charge is 2.38. The van der Waals surface area contributed by atoms with Crippen LogP contribution < -0.4 is 0 Å². The fraction of sp³-hybridized carbons (Fsp3) is 1.00. The van der Waals surface area contributed by atoms with E-state index in [0.717, 1.165) is 26.0 Å². The Kier molecular flexibility index (Phi) is 3.71. The van der Waals surface area contributed by atoms with Crippen molar-refractivity contribution in [2.24, 2.45) is 0 Å². The normalized spacial score (nSPS) is 28.2. The van der Waals surface area contributed by atoms with Crippen LogP contribution in [0.3, 0.4) is 0 Å². The van der Waals surface area contributed by atoms with Gasteiger partial charge in [0.05, 0.1) is 6.61 Å². The summed E-state index contributed by atoms with van der Waals surface area (Å²) in [7, 11) is 0. The van der Waals surface area contributed by atoms with Gasteiger partial charge in [0.2, 0.25) is 0 Å². The first-order chi connectivity index (χ1) is 6.11. The summed E-state index contributed by atoms with van der Waals surface area (Å²) >= 11 is 0. The van der Waals surface area contributed by atoms with Gasteiger partial charge in [-0.3, -0.25) is 4.90 Å². The van der Waals surface area contributed by atoms with Gasteiger partial charge in [0, 0.05) is 18.7 Å². The van der Waals surface area contributed by atoms with Gasteiger partial charge in [-0.25, -0.2) is 0 Å². The fourth-order valence-corrected chi connectivity index (χ4v) is 1.89. The van der Waals surface area contributed by atoms with Crippen LogP contribution >= 0.6 is 0 Å². The molecule has 0 saturated carbocycles. The van der Waals surface area contributed by atoms with E-state index in [2.05, 4.69) is 25.7 Å². The fourth-order valence-electron chi connectivity index (χ4n) is 1.89. The van der Waals surface area contributed by atoms with E-state index in [9.17, 15) is 0 Å². The van der Waals surface area contributed by atoms with Gasteiger partial charge >= 0.3 is 0 Å². The number of aliphatic hydroxyl groups excluding tert-OH is 1. The second-order valence-electron chi connectivity index (χ2n) is 4.26. The molecule has 1 heterocycles. The van der Waals surface area contributed by atoms with Crippen LogP contribution in [-0.2, 0) is 4.74 Å². The SMILES string of the molecule is CCC1OCC(C)(C)N1CCCO. The Morgan fingerprint density at radius 1 is 1.54 bits per heavy atom. The molecular formula is C10H21NO2. The van der Waals surface area contributed by atoms with Gasteiger partial charge in [-0.1, -0.05) is 6.92 Å². The van der Waals surface area contributed by atoms with Crippen molar-refractivity contribution in [1.29, 1.82) is 0 Å². The van der Waals surface area contributed by atoms with Crippen LogP contribution in [0.1, 0.15) is 33.6 Å². The lowest BCUT2D eigenvalue weighted by molar-refractivity contribution is 0.0192. The largest absolute Gasteiger partial charge is 0.396 e. The van der Waals surface area contributed by atoms with Crippen molar-refractivity contribution < 1.29 is 9.84 Å². The first-order valence-electron chi connectivity index (χ1n) is 5.11. The molecule has 1 rings (SSSR count). The lowest BCUT2D eigenvalue weighted by Gasteiger charge is -2.32. The smallest absolute Gasteiger partial charge is 0.110 e. The minimum atomic E-state index is 0.135. The predicted molar refractivity (Wildman–Crippen MR) is 52.5 cm³/mol. The molecule has 1 N–H and O–H groups in total. The van der Waals surface area contributed by atoms with Crippen molar-refractivity contribution in [2.75, 3.05) is 19.8 Å². The third-order valence-corrected chi connectivity index (χ3v) is 2.66. The molecule has 1 aliphatic heterocycles. The average molecular weight is 187 g/mol. The molecule has 1 aliphatic rings. The van der Waals surface area contributed by atoms with Gasteiger partial charge in [0.1, 0.15) is 6.23 Å². The third kappa shape index (κ3) is 2.42. The van der Waals surface area contributed by atoms with Crippen molar-refractivity contribution in [2.45, 2.75) is 45.4 Å². The maximum absolute atomic E-state index is 8.79. The Bertz CT molecular complexity index is 159. The minimum absolute atomic E-state index is 0.135. The molecule has 1 atom stereocenters. The van der Waals surface area contributed by atoms with E-state index in [1.807, 2.05) is 0 Å². The Labute approximate surface area is 80.7 Å². The van der Waals surface area contributed by atoms with Gasteiger partial charge in [0.15, 0.2) is 0 Å². The maximum atomic E-state index is 8.79. The zero-order chi connectivity index (χ0) is 9.90. The minimum Gasteiger partial charge on any atom is -0.396 e. The van der Waals surface area contributed by atoms with Gasteiger partial charge in [-0.2, -0.15) is 0 Å². The second-order valence-corrected chi connectivity index (χ2v) is 4.26. The summed E-state index contributed by atoms with van der Waals surface area (Å²) in [4.78, 5) is 2.35. The number of ether oxygens (including phenoxy) is 1. The summed E-state index contributed by atoms with van der Waals surface area (Å²) in [6, 6.07) is 0. The summed E-state index contributed by atoms with van der Waals surface area (Å²) in [6.45, 7) is 8.53. The molecule has 13 heavy (non-hydrogen) atoms. The lowest BCUT2D eigenvalue weighted by atomic mass is 10.1. The molecule has 1 unspecified atom stereocenters. The maximum Gasteiger partial charge on any atom is 0.110 e. The van der Waals surface area contributed by atoms with E-state index in [1.54, 1.807) is 0 Å². The molecule has 0 spiro atoms. The summed E-state index contributed by atoms with van der Waals surface area (Å²) in [5.41, 5.74) is 0.135. The van der Waals surface area contributed by atoms with E-state index in [4.69, 9.17) is 9.84 Å². The standard InChI is InChI=1S/C10H21NO2/c1-4-9-11(6-5-7-12)10(2,3)8-13-9/h9,12H,4-8H2,1-3H3. The van der Waals surface area contributed by atoms with Crippen LogP contribution in [0.25, 0.3) is 0 Å². The molecular weight excluding hydrogens is 166 g/mol. The zero-order valence-electron chi connectivity index (χ0n) is 8.92. The Morgan fingerprint density at radius 2 is 2.23 bits per heavy atom. The van der Waals surface area contributed by atoms with Gasteiger partial charge < -0.3 is 9.84 Å². The predicted octanol–water partition coefficient (Wildman–Crippen LogP) is 1.22. The van der Waals surface area contributed by atoms with E-state index in [1.165, 1.54) is 0 Å². The highest BCUT2D eigenvalue weighted by Crippen LogP contribution is 2.28. The van der Waals surface area contributed by atoms with Crippen molar-refractivity contribution >= 4 is 0 Å². The molecule has 0 aliphatic carbocycles. The van der Waals surface area contributed by atoms with E-state index in [0.29, 0.717) is 0 Å². The third-order valence-electron chi connectivity index (χ3n) is 2.66. The molecule has 0 aromatic carbocycles. The van der Waals surface area contributed by atoms with Crippen molar-refractivity contribution in [3.8, 4) is 0 Å². The molecule has 1 saturated heterocycles. The van der Waals surface area contributed by atoms with Crippen molar-refractivity contribution in [3.63, 3.8) is 0 Å². The first-order valence-corrected chi connectivity index (χ1v) is 5.11. The average Bonchev–Trinajstić information content (AvgIpc) is 2.37. The molecule has 0 radical (unpaired) electrons. The van der Waals surface area contributed by atoms with Crippen LogP contribution in [0.4, 0.5) is 0 Å². The number of aliphatic hydroxyl groups is 1. The zero-order valence-corrected chi connectivity index (χ0v) is 8.92. The first kappa shape index (κ1) is 11.0. The molecule has 0 aromatic heterocycles. The van der Waals surface area contributed by atoms with Crippen LogP contribution in [0.2, 0.25) is 0 Å². The molecule has 1 fully saturated rings. The number of hydrogen-bond acceptors (Lipinski definition) is 3. The van der Waals surface area contributed by atoms with Gasteiger partial charge in [0.25, 0.3) is 0 Å². The monoisotopic (exact) mass is 187 g/mol. The summed E-state index contributed by atoms with van der Waals surface area (Å²) < 4.78 is 5.67. The van der Waals surface area contributed by atoms with Gasteiger partial charge in [-0.05, 0) is 26.7 Å². The van der Waals surface area contributed by atoms with E-state index < -0.39 is 0 Å². The summed E-state index contributed by atoms with van der Waals surface area (Å²) in [5, 5.41) is 8.79. The molecule has 78 valence electrons. The second kappa shape index (κ2) is 4.40. The lowest BCUT2D eigenvalue weighted by Crippen LogP contribution is -2.44. The van der Waals surface area contributed by atoms with Crippen LogP contribution in [0, 0.1) is 0 Å². The van der Waals surface area contributed by atoms with Crippen molar-refractivity contribution in [1.82, 2.24) is 4.90 Å². The highest BCUT2D eigenvalue weighted by molar-refractivity contribution is 4.88. The van der Waals surface area contributed by atoms with Crippen LogP contribution in [0.5, 0.6) is 0 Å². The molecule has 3 nitrogen and oxygen atoms in total. The topological polar surface area (TPSA) is 32.7 Å². The number of nitrogens with zero attached hydrogens (tertiary/aromatic N) is 1. The quantitative estimate of drug-likeness (QED) is 0.718. The number of hydrogen-bond donors (Lipinski definition) is 1. The Hall–Kier alpha value is -0.120. The Balaban J connectivity index is 2.52. The van der Waals surface area contributed by atoms with Crippen LogP contribution in [-0.4, -0.2) is 41.5 Å². The summed E-state index contributed by atoms with van der Waals surface area (Å²) in [6.07, 6.45) is 2.11. The Morgan fingerprint density at radius 3 is 2.77 bits per heavy atom. The van der Waals surface area contributed by atoms with Gasteiger partial charge in [-0.15, -0.1) is 0 Å². The van der Waals surface area contributed by atoms with E-state index >= 15 is 0 Å². The molecule has 3 heteroatoms. The van der Waals surface area contributed by atoms with Crippen molar-refractivity contribution in [3.05, 3.63) is 0 Å². The number of rotatable bonds is 4. The molecule has 0 bridgehead atoms. The molecule has 0 amide bonds. The highest BCUT2D eigenvalue weighted by atomic mass is 16.5. The van der Waals surface area contributed by atoms with E-state index in [-0.39, 0.29) is 18.4 Å². The molecule has 0 aromatic rings. The van der Waals surface area contributed by atoms with Crippen LogP contribution in [0.15, 0.2) is 0 Å². The summed E-state index contributed by atoms with van der Waals surface area (Å²) in [5.74, 6) is 0.